The van der Waals surface area contributed by atoms with Crippen molar-refractivity contribution in [2.24, 2.45) is 0 Å². The van der Waals surface area contributed by atoms with Gasteiger partial charge in [0, 0.05) is 42.0 Å². The third-order valence-corrected chi connectivity index (χ3v) is 4.93. The maximum Gasteiger partial charge on any atom is 0.416 e. The fourth-order valence-corrected chi connectivity index (χ4v) is 3.36. The van der Waals surface area contributed by atoms with Crippen LogP contribution in [0.25, 0.3) is 22.0 Å². The van der Waals surface area contributed by atoms with Gasteiger partial charge in [-0.1, -0.05) is 13.8 Å². The second-order valence-electron chi connectivity index (χ2n) is 7.17. The minimum atomic E-state index is -4.45. The summed E-state index contributed by atoms with van der Waals surface area (Å²) < 4.78 is 40.1. The molecule has 0 amide bonds. The van der Waals surface area contributed by atoms with E-state index in [9.17, 15) is 13.2 Å². The lowest BCUT2D eigenvalue weighted by molar-refractivity contribution is -0.137. The fraction of sp³-hybridized carbons (Fsp3) is 0.409. The highest BCUT2D eigenvalue weighted by molar-refractivity contribution is 5.94. The van der Waals surface area contributed by atoms with Crippen molar-refractivity contribution < 1.29 is 13.2 Å². The number of aryl methyl sites for hydroxylation is 1. The van der Waals surface area contributed by atoms with Crippen molar-refractivity contribution in [3.8, 4) is 11.1 Å². The lowest BCUT2D eigenvalue weighted by atomic mass is 10.0. The average molecular weight is 417 g/mol. The number of alkyl halides is 3. The Kier molecular flexibility index (Phi) is 6.87. The first kappa shape index (κ1) is 22.0. The zero-order chi connectivity index (χ0) is 21.7. The van der Waals surface area contributed by atoms with Crippen LogP contribution >= 0.6 is 0 Å². The molecule has 0 unspecified atom stereocenters. The van der Waals surface area contributed by atoms with E-state index >= 15 is 0 Å². The van der Waals surface area contributed by atoms with Crippen LogP contribution in [0.1, 0.15) is 31.7 Å². The number of nitrogens with zero attached hydrogens (tertiary/aromatic N) is 4. The summed E-state index contributed by atoms with van der Waals surface area (Å²) >= 11 is 0. The number of halogens is 3. The van der Waals surface area contributed by atoms with E-state index in [0.29, 0.717) is 33.7 Å². The first-order chi connectivity index (χ1) is 14.3. The quantitative estimate of drug-likeness (QED) is 0.549. The molecule has 8 heteroatoms. The van der Waals surface area contributed by atoms with Crippen LogP contribution in [0, 0.1) is 6.92 Å². The summed E-state index contributed by atoms with van der Waals surface area (Å²) in [6.45, 7) is 9.69. The fourth-order valence-electron chi connectivity index (χ4n) is 3.36. The zero-order valence-corrected chi connectivity index (χ0v) is 17.4. The first-order valence-corrected chi connectivity index (χ1v) is 10.1. The molecule has 160 valence electrons. The van der Waals surface area contributed by atoms with E-state index in [0.717, 1.165) is 44.7 Å². The summed E-state index contributed by atoms with van der Waals surface area (Å²) in [5, 5.41) is 3.62. The van der Waals surface area contributed by atoms with Gasteiger partial charge in [0.2, 0.25) is 0 Å². The van der Waals surface area contributed by atoms with Crippen LogP contribution < -0.4 is 5.32 Å². The molecule has 1 aromatic carbocycles. The SMILES string of the molecule is CCCN(CC)CCNc1ccc(-c2cc(C(F)(F)F)cc3cnc(C)nc23)cn1. The molecule has 5 nitrogen and oxygen atoms in total. The van der Waals surface area contributed by atoms with Gasteiger partial charge in [0.1, 0.15) is 11.6 Å². The predicted molar refractivity (Wildman–Crippen MR) is 113 cm³/mol. The summed E-state index contributed by atoms with van der Waals surface area (Å²) in [4.78, 5) is 15.1. The molecule has 0 fully saturated rings. The van der Waals surface area contributed by atoms with Crippen LogP contribution in [0.15, 0.2) is 36.7 Å². The predicted octanol–water partition coefficient (Wildman–Crippen LogP) is 5.16. The van der Waals surface area contributed by atoms with Gasteiger partial charge in [0.25, 0.3) is 0 Å². The van der Waals surface area contributed by atoms with Gasteiger partial charge in [-0.15, -0.1) is 0 Å². The van der Waals surface area contributed by atoms with Crippen LogP contribution in [0.2, 0.25) is 0 Å². The monoisotopic (exact) mass is 417 g/mol. The van der Waals surface area contributed by atoms with Crippen LogP contribution in [0.4, 0.5) is 19.0 Å². The Morgan fingerprint density at radius 1 is 1.03 bits per heavy atom. The van der Waals surface area contributed by atoms with Crippen LogP contribution in [-0.4, -0.2) is 46.0 Å². The van der Waals surface area contributed by atoms with E-state index < -0.39 is 11.7 Å². The van der Waals surface area contributed by atoms with Crippen LogP contribution in [-0.2, 0) is 6.18 Å². The van der Waals surface area contributed by atoms with E-state index in [2.05, 4.69) is 39.0 Å². The third kappa shape index (κ3) is 5.24. The van der Waals surface area contributed by atoms with E-state index in [1.807, 2.05) is 0 Å². The normalized spacial score (nSPS) is 12.0. The minimum absolute atomic E-state index is 0.350. The lowest BCUT2D eigenvalue weighted by Crippen LogP contribution is -2.29. The molecule has 2 heterocycles. The second-order valence-corrected chi connectivity index (χ2v) is 7.17. The largest absolute Gasteiger partial charge is 0.416 e. The number of likely N-dealkylation sites (N-methyl/N-ethyl adjacent to an activating group) is 1. The van der Waals surface area contributed by atoms with Gasteiger partial charge in [-0.3, -0.25) is 0 Å². The molecule has 30 heavy (non-hydrogen) atoms. The number of nitrogens with one attached hydrogen (secondary N) is 1. The summed E-state index contributed by atoms with van der Waals surface area (Å²) in [5.74, 6) is 1.19. The van der Waals surface area contributed by atoms with Gasteiger partial charge in [0.05, 0.1) is 11.1 Å². The van der Waals surface area contributed by atoms with Crippen molar-refractivity contribution in [2.45, 2.75) is 33.4 Å². The number of hydrogen-bond acceptors (Lipinski definition) is 5. The van der Waals surface area contributed by atoms with Crippen molar-refractivity contribution in [3.63, 3.8) is 0 Å². The van der Waals surface area contributed by atoms with Crippen LogP contribution in [0.3, 0.4) is 0 Å². The third-order valence-electron chi connectivity index (χ3n) is 4.93. The number of hydrogen-bond donors (Lipinski definition) is 1. The summed E-state index contributed by atoms with van der Waals surface area (Å²) in [6, 6.07) is 5.76. The summed E-state index contributed by atoms with van der Waals surface area (Å²) in [6.07, 6.45) is -0.338. The van der Waals surface area contributed by atoms with Crippen LogP contribution in [0.5, 0.6) is 0 Å². The van der Waals surface area contributed by atoms with Crippen molar-refractivity contribution in [1.29, 1.82) is 0 Å². The maximum atomic E-state index is 13.4. The summed E-state index contributed by atoms with van der Waals surface area (Å²) in [7, 11) is 0. The Balaban J connectivity index is 1.86. The lowest BCUT2D eigenvalue weighted by Gasteiger charge is -2.19. The number of pyridine rings is 1. The van der Waals surface area contributed by atoms with E-state index in [1.165, 1.54) is 6.20 Å². The second kappa shape index (κ2) is 9.38. The highest BCUT2D eigenvalue weighted by atomic mass is 19.4. The van der Waals surface area contributed by atoms with Crippen molar-refractivity contribution in [1.82, 2.24) is 19.9 Å². The Labute approximate surface area is 174 Å². The number of rotatable bonds is 8. The van der Waals surface area contributed by atoms with Gasteiger partial charge in [-0.05, 0) is 50.7 Å². The van der Waals surface area contributed by atoms with E-state index in [1.54, 1.807) is 25.3 Å². The highest BCUT2D eigenvalue weighted by Crippen LogP contribution is 2.36. The molecule has 0 radical (unpaired) electrons. The molecule has 0 aliphatic carbocycles. The number of anilines is 1. The maximum absolute atomic E-state index is 13.4. The molecular formula is C22H26F3N5. The average Bonchev–Trinajstić information content (AvgIpc) is 2.72. The Bertz CT molecular complexity index is 986. The molecule has 3 aromatic rings. The van der Waals surface area contributed by atoms with Gasteiger partial charge < -0.3 is 10.2 Å². The number of fused-ring (bicyclic) bond motifs is 1. The van der Waals surface area contributed by atoms with Crippen molar-refractivity contribution in [3.05, 3.63) is 48.0 Å². The Morgan fingerprint density at radius 2 is 1.83 bits per heavy atom. The molecule has 1 N–H and O–H groups in total. The molecule has 0 aliphatic heterocycles. The van der Waals surface area contributed by atoms with E-state index in [4.69, 9.17) is 0 Å². The molecular weight excluding hydrogens is 391 g/mol. The van der Waals surface area contributed by atoms with Gasteiger partial charge >= 0.3 is 6.18 Å². The number of aromatic nitrogens is 3. The number of benzene rings is 1. The zero-order valence-electron chi connectivity index (χ0n) is 17.4. The molecule has 3 rings (SSSR count). The molecule has 0 saturated carbocycles. The summed E-state index contributed by atoms with van der Waals surface area (Å²) in [5.41, 5.74) is 0.729. The molecule has 0 spiro atoms. The van der Waals surface area contributed by atoms with Crippen molar-refractivity contribution in [2.75, 3.05) is 31.5 Å². The van der Waals surface area contributed by atoms with Gasteiger partial charge in [-0.2, -0.15) is 13.2 Å². The van der Waals surface area contributed by atoms with Gasteiger partial charge in [0.15, 0.2) is 0 Å². The molecule has 0 atom stereocenters. The standard InChI is InChI=1S/C22H26F3N5/c1-4-9-30(5-2)10-8-26-20-7-6-16(13-28-20)19-12-18(22(23,24)25)11-17-14-27-15(3)29-21(17)19/h6-7,11-14H,4-5,8-10H2,1-3H3,(H,26,28). The smallest absolute Gasteiger partial charge is 0.369 e. The Hall–Kier alpha value is -2.74. The van der Waals surface area contributed by atoms with Gasteiger partial charge in [-0.25, -0.2) is 15.0 Å². The van der Waals surface area contributed by atoms with E-state index in [-0.39, 0.29) is 0 Å². The molecule has 0 saturated heterocycles. The minimum Gasteiger partial charge on any atom is -0.369 e. The first-order valence-electron chi connectivity index (χ1n) is 10.1. The topological polar surface area (TPSA) is 53.9 Å². The highest BCUT2D eigenvalue weighted by Gasteiger charge is 2.31. The Morgan fingerprint density at radius 3 is 2.47 bits per heavy atom. The molecule has 0 aliphatic rings. The molecule has 0 bridgehead atoms. The molecule has 2 aromatic heterocycles. The van der Waals surface area contributed by atoms with Crippen molar-refractivity contribution >= 4 is 16.7 Å².